The van der Waals surface area contributed by atoms with E-state index in [1.54, 1.807) is 6.07 Å². The Morgan fingerprint density at radius 1 is 0.943 bits per heavy atom. The molecule has 35 heavy (non-hydrogen) atoms. The quantitative estimate of drug-likeness (QED) is 0.192. The molecule has 3 aromatic carbocycles. The zero-order valence-corrected chi connectivity index (χ0v) is 19.6. The van der Waals surface area contributed by atoms with Gasteiger partial charge in [0, 0.05) is 12.1 Å². The lowest BCUT2D eigenvalue weighted by Gasteiger charge is -2.22. The summed E-state index contributed by atoms with van der Waals surface area (Å²) in [5.74, 6) is -4.49. The van der Waals surface area contributed by atoms with E-state index < -0.39 is 34.7 Å². The van der Waals surface area contributed by atoms with Crippen LogP contribution in [0.25, 0.3) is 11.1 Å². The molecule has 180 valence electrons. The van der Waals surface area contributed by atoms with Crippen molar-refractivity contribution in [3.8, 4) is 22.9 Å². The third kappa shape index (κ3) is 5.24. The van der Waals surface area contributed by atoms with E-state index in [-0.39, 0.29) is 5.56 Å². The molecule has 0 saturated heterocycles. The number of ether oxygens (including phenoxy) is 1. The minimum atomic E-state index is -1.15. The largest absolute Gasteiger partial charge is 0.423 e. The fourth-order valence-corrected chi connectivity index (χ4v) is 4.62. The molecule has 0 aliphatic heterocycles. The molecule has 3 nitrogen and oxygen atoms in total. The number of aryl methyl sites for hydroxylation is 2. The predicted molar refractivity (Wildman–Crippen MR) is 128 cm³/mol. The minimum Gasteiger partial charge on any atom is -0.423 e. The highest BCUT2D eigenvalue weighted by atomic mass is 19.1. The molecular weight excluding hydrogens is 451 g/mol. The van der Waals surface area contributed by atoms with Gasteiger partial charge in [0.25, 0.3) is 0 Å². The van der Waals surface area contributed by atoms with E-state index in [9.17, 15) is 13.6 Å². The van der Waals surface area contributed by atoms with Gasteiger partial charge in [-0.3, -0.25) is 0 Å². The van der Waals surface area contributed by atoms with Crippen LogP contribution in [0.2, 0.25) is 0 Å². The van der Waals surface area contributed by atoms with Crippen LogP contribution in [-0.2, 0) is 19.3 Å². The van der Waals surface area contributed by atoms with Crippen molar-refractivity contribution in [1.29, 1.82) is 5.26 Å². The van der Waals surface area contributed by atoms with Gasteiger partial charge in [-0.1, -0.05) is 56.9 Å². The lowest BCUT2D eigenvalue weighted by atomic mass is 9.83. The van der Waals surface area contributed by atoms with E-state index in [2.05, 4.69) is 19.1 Å². The zero-order chi connectivity index (χ0) is 24.9. The van der Waals surface area contributed by atoms with Crippen molar-refractivity contribution in [3.05, 3.63) is 87.7 Å². The van der Waals surface area contributed by atoms with Crippen LogP contribution in [0.5, 0.6) is 5.75 Å². The second-order valence-corrected chi connectivity index (χ2v) is 8.87. The average Bonchev–Trinajstić information content (AvgIpc) is 2.83. The number of halogens is 3. The van der Waals surface area contributed by atoms with Gasteiger partial charge in [-0.15, -0.1) is 0 Å². The Bertz CT molecular complexity index is 1290. The van der Waals surface area contributed by atoms with Crippen LogP contribution in [0.4, 0.5) is 13.2 Å². The molecule has 0 aromatic heterocycles. The molecule has 6 heteroatoms. The monoisotopic (exact) mass is 477 g/mol. The van der Waals surface area contributed by atoms with Crippen LogP contribution < -0.4 is 4.74 Å². The number of nitrogens with zero attached hydrogens (tertiary/aromatic N) is 1. The van der Waals surface area contributed by atoms with E-state index >= 15 is 4.39 Å². The van der Waals surface area contributed by atoms with Crippen molar-refractivity contribution in [2.75, 3.05) is 0 Å². The number of unbranched alkanes of at least 4 members (excludes halogenated alkanes) is 4. The lowest BCUT2D eigenvalue weighted by Crippen LogP contribution is -2.15. The third-order valence-corrected chi connectivity index (χ3v) is 6.47. The second kappa shape index (κ2) is 10.8. The normalized spacial score (nSPS) is 12.0. The van der Waals surface area contributed by atoms with Crippen molar-refractivity contribution >= 4 is 5.97 Å². The summed E-state index contributed by atoms with van der Waals surface area (Å²) in [6, 6.07) is 12.2. The summed E-state index contributed by atoms with van der Waals surface area (Å²) in [4.78, 5) is 12.6. The molecule has 1 aliphatic rings. The highest BCUT2D eigenvalue weighted by Crippen LogP contribution is 2.37. The number of carbonyl (C=O) groups is 1. The van der Waals surface area contributed by atoms with E-state index in [0.717, 1.165) is 36.1 Å². The number of nitriles is 1. The molecule has 0 heterocycles. The number of fused-ring (bicyclic) bond motifs is 3. The summed E-state index contributed by atoms with van der Waals surface area (Å²) in [6.45, 7) is 2.20. The molecule has 0 amide bonds. The van der Waals surface area contributed by atoms with Crippen molar-refractivity contribution in [2.45, 2.75) is 58.3 Å². The van der Waals surface area contributed by atoms with Gasteiger partial charge >= 0.3 is 5.97 Å². The molecule has 4 rings (SSSR count). The molecule has 0 atom stereocenters. The molecule has 0 saturated carbocycles. The van der Waals surface area contributed by atoms with Crippen molar-refractivity contribution in [1.82, 2.24) is 0 Å². The van der Waals surface area contributed by atoms with Crippen molar-refractivity contribution in [2.24, 2.45) is 0 Å². The van der Waals surface area contributed by atoms with Crippen LogP contribution in [0.3, 0.4) is 0 Å². The van der Waals surface area contributed by atoms with E-state index in [1.807, 2.05) is 6.07 Å². The topological polar surface area (TPSA) is 50.1 Å². The van der Waals surface area contributed by atoms with Crippen LogP contribution in [0.15, 0.2) is 42.5 Å². The Morgan fingerprint density at radius 3 is 2.37 bits per heavy atom. The molecule has 0 fully saturated rings. The predicted octanol–water partition coefficient (Wildman–Crippen LogP) is 7.47. The van der Waals surface area contributed by atoms with Crippen molar-refractivity contribution < 1.29 is 22.7 Å². The van der Waals surface area contributed by atoms with Gasteiger partial charge in [0.05, 0.1) is 5.56 Å². The first-order chi connectivity index (χ1) is 16.9. The van der Waals surface area contributed by atoms with Gasteiger partial charge in [-0.2, -0.15) is 5.26 Å². The van der Waals surface area contributed by atoms with Crippen LogP contribution in [0, 0.1) is 28.8 Å². The first-order valence-corrected chi connectivity index (χ1v) is 12.0. The second-order valence-electron chi connectivity index (χ2n) is 8.87. The molecule has 3 aromatic rings. The van der Waals surface area contributed by atoms with Gasteiger partial charge < -0.3 is 4.74 Å². The van der Waals surface area contributed by atoms with Gasteiger partial charge in [0.15, 0.2) is 0 Å². The van der Waals surface area contributed by atoms with Crippen LogP contribution >= 0.6 is 0 Å². The van der Waals surface area contributed by atoms with Gasteiger partial charge in [-0.05, 0) is 59.6 Å². The first-order valence-electron chi connectivity index (χ1n) is 12.0. The minimum absolute atomic E-state index is 0.305. The highest BCUT2D eigenvalue weighted by molar-refractivity contribution is 5.93. The number of esters is 1. The Hall–Kier alpha value is -3.59. The first kappa shape index (κ1) is 24.5. The fourth-order valence-electron chi connectivity index (χ4n) is 4.62. The maximum Gasteiger partial charge on any atom is 0.346 e. The molecular formula is C29H26F3NO2. The van der Waals surface area contributed by atoms with E-state index in [0.29, 0.717) is 18.4 Å². The highest BCUT2D eigenvalue weighted by Gasteiger charge is 2.25. The summed E-state index contributed by atoms with van der Waals surface area (Å²) in [5.41, 5.74) is 3.50. The Kier molecular flexibility index (Phi) is 7.55. The smallest absolute Gasteiger partial charge is 0.346 e. The van der Waals surface area contributed by atoms with Crippen LogP contribution in [0.1, 0.15) is 71.6 Å². The summed E-state index contributed by atoms with van der Waals surface area (Å²) < 4.78 is 48.0. The number of rotatable bonds is 8. The Labute approximate surface area is 203 Å². The molecule has 1 aliphatic carbocycles. The molecule has 0 N–H and O–H groups in total. The van der Waals surface area contributed by atoms with Crippen molar-refractivity contribution in [3.63, 3.8) is 0 Å². The third-order valence-electron chi connectivity index (χ3n) is 6.47. The average molecular weight is 478 g/mol. The van der Waals surface area contributed by atoms with Gasteiger partial charge in [0.1, 0.15) is 34.8 Å². The summed E-state index contributed by atoms with van der Waals surface area (Å²) in [7, 11) is 0. The zero-order valence-electron chi connectivity index (χ0n) is 19.6. The Balaban J connectivity index is 1.53. The molecule has 0 spiro atoms. The molecule has 0 bridgehead atoms. The summed E-state index contributed by atoms with van der Waals surface area (Å²) in [5, 5.41) is 8.76. The maximum atomic E-state index is 15.3. The maximum absolute atomic E-state index is 15.3. The number of benzene rings is 3. The fraction of sp³-hybridized carbons (Fsp3) is 0.310. The lowest BCUT2D eigenvalue weighted by molar-refractivity contribution is 0.0729. The van der Waals surface area contributed by atoms with Gasteiger partial charge in [0.2, 0.25) is 0 Å². The summed E-state index contributed by atoms with van der Waals surface area (Å²) in [6.07, 6.45) is 8.25. The number of hydrogen-bond donors (Lipinski definition) is 0. The Morgan fingerprint density at radius 2 is 1.66 bits per heavy atom. The molecule has 0 unspecified atom stereocenters. The van der Waals surface area contributed by atoms with Gasteiger partial charge in [-0.25, -0.2) is 18.0 Å². The SMILES string of the molecule is CCCCCCCc1ccc2c(c1)CCc1c-2ccc(C(=O)Oc2cc(F)c(C#N)c(F)c2)c1F. The summed E-state index contributed by atoms with van der Waals surface area (Å²) >= 11 is 0. The number of hydrogen-bond acceptors (Lipinski definition) is 3. The van der Waals surface area contributed by atoms with Crippen LogP contribution in [-0.4, -0.2) is 5.97 Å². The van der Waals surface area contributed by atoms with E-state index in [4.69, 9.17) is 10.00 Å². The molecule has 0 radical (unpaired) electrons. The van der Waals surface area contributed by atoms with E-state index in [1.165, 1.54) is 48.9 Å². The standard InChI is InChI=1S/C29H26F3NO2/c1-2-3-4-5-6-7-18-8-10-21-19(14-18)9-11-23-22(21)12-13-24(28(23)32)29(34)35-20-15-26(30)25(17-33)27(31)16-20/h8,10,12-16H,2-7,9,11H2,1H3. The number of carbonyl (C=O) groups excluding carboxylic acids is 1.